The predicted molar refractivity (Wildman–Crippen MR) is 221 cm³/mol. The molecular formula is C50H32N2. The zero-order valence-corrected chi connectivity index (χ0v) is 28.4. The van der Waals surface area contributed by atoms with Crippen LogP contribution in [0.4, 0.5) is 0 Å². The van der Waals surface area contributed by atoms with Crippen LogP contribution in [0.15, 0.2) is 194 Å². The van der Waals surface area contributed by atoms with E-state index in [-0.39, 0.29) is 0 Å². The molecule has 242 valence electrons. The topological polar surface area (TPSA) is 9.86 Å². The van der Waals surface area contributed by atoms with Crippen molar-refractivity contribution in [3.05, 3.63) is 194 Å². The number of fused-ring (bicyclic) bond motifs is 8. The predicted octanol–water partition coefficient (Wildman–Crippen LogP) is 13.5. The van der Waals surface area contributed by atoms with E-state index in [9.17, 15) is 0 Å². The highest BCUT2D eigenvalue weighted by Crippen LogP contribution is 2.40. The van der Waals surface area contributed by atoms with Gasteiger partial charge in [0.1, 0.15) is 0 Å². The smallest absolute Gasteiger partial charge is 0.0548 e. The van der Waals surface area contributed by atoms with Crippen LogP contribution < -0.4 is 0 Å². The Morgan fingerprint density at radius 2 is 0.692 bits per heavy atom. The Balaban J connectivity index is 1.07. The van der Waals surface area contributed by atoms with Gasteiger partial charge in [0.25, 0.3) is 0 Å². The zero-order valence-electron chi connectivity index (χ0n) is 28.4. The molecule has 2 heterocycles. The van der Waals surface area contributed by atoms with Crippen molar-refractivity contribution in [3.8, 4) is 33.6 Å². The minimum Gasteiger partial charge on any atom is -0.309 e. The number of rotatable bonds is 4. The molecule has 2 heteroatoms. The van der Waals surface area contributed by atoms with Gasteiger partial charge in [-0.25, -0.2) is 0 Å². The van der Waals surface area contributed by atoms with Gasteiger partial charge in [0, 0.05) is 32.9 Å². The molecule has 0 unspecified atom stereocenters. The van der Waals surface area contributed by atoms with Gasteiger partial charge in [-0.05, 0) is 98.4 Å². The van der Waals surface area contributed by atoms with E-state index in [2.05, 4.69) is 203 Å². The Hall–Kier alpha value is -6.90. The molecule has 0 aliphatic rings. The molecule has 9 aromatic carbocycles. The molecule has 0 atom stereocenters. The summed E-state index contributed by atoms with van der Waals surface area (Å²) >= 11 is 0. The first kappa shape index (κ1) is 28.9. The minimum atomic E-state index is 1.15. The third-order valence-corrected chi connectivity index (χ3v) is 10.9. The van der Waals surface area contributed by atoms with Gasteiger partial charge in [0.15, 0.2) is 0 Å². The quantitative estimate of drug-likeness (QED) is 0.178. The molecule has 11 rings (SSSR count). The fourth-order valence-electron chi connectivity index (χ4n) is 8.35. The summed E-state index contributed by atoms with van der Waals surface area (Å²) in [5.74, 6) is 0. The second-order valence-electron chi connectivity index (χ2n) is 13.8. The van der Waals surface area contributed by atoms with E-state index in [1.807, 2.05) is 0 Å². The van der Waals surface area contributed by atoms with Crippen molar-refractivity contribution >= 4 is 65.2 Å². The van der Waals surface area contributed by atoms with Crippen molar-refractivity contribution in [3.63, 3.8) is 0 Å². The fraction of sp³-hybridized carbons (Fsp3) is 0. The highest BCUT2D eigenvalue weighted by molar-refractivity contribution is 6.19. The first-order valence-electron chi connectivity index (χ1n) is 17.9. The van der Waals surface area contributed by atoms with Crippen molar-refractivity contribution in [2.24, 2.45) is 0 Å². The number of aromatic nitrogens is 2. The maximum atomic E-state index is 2.44. The van der Waals surface area contributed by atoms with Gasteiger partial charge in [-0.15, -0.1) is 0 Å². The van der Waals surface area contributed by atoms with Gasteiger partial charge in [-0.2, -0.15) is 0 Å². The highest BCUT2D eigenvalue weighted by Gasteiger charge is 2.19. The van der Waals surface area contributed by atoms with Gasteiger partial charge in [0.2, 0.25) is 0 Å². The van der Waals surface area contributed by atoms with Gasteiger partial charge in [-0.3, -0.25) is 0 Å². The Kier molecular flexibility index (Phi) is 6.28. The maximum absolute atomic E-state index is 2.44. The lowest BCUT2D eigenvalue weighted by Crippen LogP contribution is -1.95. The molecule has 2 nitrogen and oxygen atoms in total. The largest absolute Gasteiger partial charge is 0.309 e. The fourth-order valence-corrected chi connectivity index (χ4v) is 8.35. The summed E-state index contributed by atoms with van der Waals surface area (Å²) in [7, 11) is 0. The molecule has 0 radical (unpaired) electrons. The minimum absolute atomic E-state index is 1.15. The SMILES string of the molecule is c1cc(-c2ccc(-c3ccc4ccccc4c3)cc2)cc(-n2c3ccccc3c3cc4c(cc32)c2ccccc2n4-c2ccc3ccccc3c2)c1. The molecule has 0 aliphatic carbocycles. The van der Waals surface area contributed by atoms with Crippen molar-refractivity contribution < 1.29 is 0 Å². The number of hydrogen-bond acceptors (Lipinski definition) is 0. The molecule has 0 saturated heterocycles. The van der Waals surface area contributed by atoms with E-state index in [1.165, 1.54) is 93.1 Å². The summed E-state index contributed by atoms with van der Waals surface area (Å²) in [5, 5.41) is 10.0. The third-order valence-electron chi connectivity index (χ3n) is 10.9. The lowest BCUT2D eigenvalue weighted by molar-refractivity contribution is 1.18. The molecule has 0 fully saturated rings. The molecule has 0 spiro atoms. The molecule has 0 amide bonds. The van der Waals surface area contributed by atoms with Crippen LogP contribution in [0.25, 0.3) is 98.8 Å². The van der Waals surface area contributed by atoms with Crippen LogP contribution in [0.5, 0.6) is 0 Å². The summed E-state index contributed by atoms with van der Waals surface area (Å²) in [5.41, 5.74) is 12.0. The molecule has 2 aromatic heterocycles. The van der Waals surface area contributed by atoms with Crippen molar-refractivity contribution in [1.82, 2.24) is 9.13 Å². The van der Waals surface area contributed by atoms with Gasteiger partial charge in [-0.1, -0.05) is 140 Å². The molecule has 0 aliphatic heterocycles. The lowest BCUT2D eigenvalue weighted by Gasteiger charge is -2.12. The number of hydrogen-bond donors (Lipinski definition) is 0. The summed E-state index contributed by atoms with van der Waals surface area (Å²) < 4.78 is 4.88. The molecule has 0 bridgehead atoms. The zero-order chi connectivity index (χ0) is 34.2. The first-order chi connectivity index (χ1) is 25.8. The average Bonchev–Trinajstić information content (AvgIpc) is 3.71. The number of nitrogens with zero attached hydrogens (tertiary/aromatic N) is 2. The Morgan fingerprint density at radius 1 is 0.231 bits per heavy atom. The first-order valence-corrected chi connectivity index (χ1v) is 17.9. The molecule has 52 heavy (non-hydrogen) atoms. The lowest BCUT2D eigenvalue weighted by atomic mass is 9.98. The van der Waals surface area contributed by atoms with Crippen molar-refractivity contribution in [2.75, 3.05) is 0 Å². The van der Waals surface area contributed by atoms with E-state index < -0.39 is 0 Å². The van der Waals surface area contributed by atoms with Crippen LogP contribution in [0.3, 0.4) is 0 Å². The standard InChI is InChI=1S/C50H32N2/c1-3-12-37-28-40(25-24-33(37)10-1)36-22-20-35(21-23-36)39-14-9-15-41(29-39)51-47-18-7-5-16-43(47)45-32-50-46(31-49(45)51)44-17-6-8-19-48(44)52(50)42-27-26-34-11-2-4-13-38(34)30-42/h1-32H. The van der Waals surface area contributed by atoms with Crippen molar-refractivity contribution in [1.29, 1.82) is 0 Å². The van der Waals surface area contributed by atoms with Gasteiger partial charge >= 0.3 is 0 Å². The Labute approximate surface area is 301 Å². The van der Waals surface area contributed by atoms with Crippen molar-refractivity contribution in [2.45, 2.75) is 0 Å². The normalized spacial score (nSPS) is 11.8. The summed E-state index contributed by atoms with van der Waals surface area (Å²) in [4.78, 5) is 0. The molecule has 0 N–H and O–H groups in total. The molecule has 0 saturated carbocycles. The summed E-state index contributed by atoms with van der Waals surface area (Å²) in [6.07, 6.45) is 0. The number of para-hydroxylation sites is 2. The van der Waals surface area contributed by atoms with Gasteiger partial charge in [0.05, 0.1) is 22.1 Å². The van der Waals surface area contributed by atoms with E-state index in [4.69, 9.17) is 0 Å². The van der Waals surface area contributed by atoms with Crippen LogP contribution >= 0.6 is 0 Å². The second-order valence-corrected chi connectivity index (χ2v) is 13.8. The summed E-state index contributed by atoms with van der Waals surface area (Å²) in [6, 6.07) is 71.1. The highest BCUT2D eigenvalue weighted by atomic mass is 15.0. The Bertz CT molecular complexity index is 3180. The average molecular weight is 661 g/mol. The van der Waals surface area contributed by atoms with E-state index in [0.29, 0.717) is 0 Å². The summed E-state index contributed by atoms with van der Waals surface area (Å²) in [6.45, 7) is 0. The van der Waals surface area contributed by atoms with E-state index >= 15 is 0 Å². The maximum Gasteiger partial charge on any atom is 0.0548 e. The van der Waals surface area contributed by atoms with Gasteiger partial charge < -0.3 is 9.13 Å². The second kappa shape index (κ2) is 11.3. The monoisotopic (exact) mass is 660 g/mol. The Morgan fingerprint density at radius 3 is 1.31 bits per heavy atom. The van der Waals surface area contributed by atoms with E-state index in [0.717, 1.165) is 5.69 Å². The third kappa shape index (κ3) is 4.44. The molecule has 11 aromatic rings. The van der Waals surface area contributed by atoms with Crippen LogP contribution in [-0.4, -0.2) is 9.13 Å². The van der Waals surface area contributed by atoms with Crippen LogP contribution in [-0.2, 0) is 0 Å². The van der Waals surface area contributed by atoms with Crippen LogP contribution in [0.2, 0.25) is 0 Å². The van der Waals surface area contributed by atoms with E-state index in [1.54, 1.807) is 0 Å². The van der Waals surface area contributed by atoms with Crippen LogP contribution in [0, 0.1) is 0 Å². The number of benzene rings is 9. The molecular weight excluding hydrogens is 629 g/mol. The van der Waals surface area contributed by atoms with Crippen LogP contribution in [0.1, 0.15) is 0 Å².